The highest BCUT2D eigenvalue weighted by Crippen LogP contribution is 2.29. The number of piperazine rings is 1. The molecule has 154 valence electrons. The van der Waals surface area contributed by atoms with Crippen LogP contribution in [0, 0.1) is 11.6 Å². The molecular formula is C26H26F2N2. The first-order valence-corrected chi connectivity index (χ1v) is 10.4. The molecular weight excluding hydrogens is 378 g/mol. The molecule has 4 heteroatoms. The summed E-state index contributed by atoms with van der Waals surface area (Å²) in [6.07, 6.45) is 4.18. The zero-order chi connectivity index (χ0) is 20.8. The molecule has 0 spiro atoms. The van der Waals surface area contributed by atoms with E-state index in [1.807, 2.05) is 24.3 Å². The van der Waals surface area contributed by atoms with Gasteiger partial charge in [0.1, 0.15) is 11.6 Å². The molecule has 0 bridgehead atoms. The normalized spacial score (nSPS) is 16.7. The number of halogens is 2. The van der Waals surface area contributed by atoms with E-state index in [9.17, 15) is 8.78 Å². The number of hydrogen-bond acceptors (Lipinski definition) is 2. The summed E-state index contributed by atoms with van der Waals surface area (Å²) < 4.78 is 26.5. The van der Waals surface area contributed by atoms with Crippen molar-refractivity contribution in [1.82, 2.24) is 9.80 Å². The molecule has 0 saturated carbocycles. The summed E-state index contributed by atoms with van der Waals surface area (Å²) in [5.74, 6) is -0.416. The van der Waals surface area contributed by atoms with E-state index in [4.69, 9.17) is 0 Å². The second-order valence-corrected chi connectivity index (χ2v) is 7.66. The largest absolute Gasteiger partial charge is 0.297 e. The van der Waals surface area contributed by atoms with Crippen LogP contribution in [0.25, 0.3) is 6.08 Å². The Kier molecular flexibility index (Phi) is 6.67. The Balaban J connectivity index is 1.40. The molecule has 1 unspecified atom stereocenters. The molecule has 1 aliphatic rings. The van der Waals surface area contributed by atoms with E-state index in [0.717, 1.165) is 43.9 Å². The fourth-order valence-corrected chi connectivity index (χ4v) is 4.01. The van der Waals surface area contributed by atoms with Gasteiger partial charge in [-0.15, -0.1) is 0 Å². The van der Waals surface area contributed by atoms with Crippen molar-refractivity contribution in [2.75, 3.05) is 32.7 Å². The predicted molar refractivity (Wildman–Crippen MR) is 118 cm³/mol. The first-order chi connectivity index (χ1) is 14.7. The topological polar surface area (TPSA) is 6.48 Å². The van der Waals surface area contributed by atoms with Crippen LogP contribution in [0.4, 0.5) is 8.78 Å². The SMILES string of the molecule is Fc1ccc(C=CCN2CCN(C(c3ccccc3)c3ccc(F)cc3)CC2)cc1. The highest BCUT2D eigenvalue weighted by Gasteiger charge is 2.26. The molecule has 30 heavy (non-hydrogen) atoms. The van der Waals surface area contributed by atoms with Crippen molar-refractivity contribution in [3.8, 4) is 0 Å². The van der Waals surface area contributed by atoms with Crippen LogP contribution in [-0.4, -0.2) is 42.5 Å². The maximum atomic E-state index is 13.5. The Morgan fingerprint density at radius 1 is 0.700 bits per heavy atom. The minimum Gasteiger partial charge on any atom is -0.297 e. The van der Waals surface area contributed by atoms with Crippen molar-refractivity contribution in [3.05, 3.63) is 113 Å². The van der Waals surface area contributed by atoms with E-state index in [0.29, 0.717) is 0 Å². The molecule has 3 aromatic carbocycles. The lowest BCUT2D eigenvalue weighted by Crippen LogP contribution is -2.47. The lowest BCUT2D eigenvalue weighted by Gasteiger charge is -2.39. The first kappa shape index (κ1) is 20.5. The average molecular weight is 405 g/mol. The van der Waals surface area contributed by atoms with Gasteiger partial charge in [-0.05, 0) is 41.0 Å². The van der Waals surface area contributed by atoms with Crippen LogP contribution >= 0.6 is 0 Å². The van der Waals surface area contributed by atoms with Gasteiger partial charge >= 0.3 is 0 Å². The van der Waals surface area contributed by atoms with Crippen molar-refractivity contribution >= 4 is 6.08 Å². The molecule has 1 heterocycles. The van der Waals surface area contributed by atoms with Crippen LogP contribution in [0.5, 0.6) is 0 Å². The Morgan fingerprint density at radius 2 is 1.27 bits per heavy atom. The van der Waals surface area contributed by atoms with Crippen molar-refractivity contribution in [1.29, 1.82) is 0 Å². The summed E-state index contributed by atoms with van der Waals surface area (Å²) in [4.78, 5) is 4.89. The van der Waals surface area contributed by atoms with E-state index >= 15 is 0 Å². The van der Waals surface area contributed by atoms with Crippen molar-refractivity contribution in [2.45, 2.75) is 6.04 Å². The predicted octanol–water partition coefficient (Wildman–Crippen LogP) is 5.39. The molecule has 1 saturated heterocycles. The Bertz CT molecular complexity index is 945. The second-order valence-electron chi connectivity index (χ2n) is 7.66. The molecule has 1 fully saturated rings. The van der Waals surface area contributed by atoms with Crippen LogP contribution in [-0.2, 0) is 0 Å². The highest BCUT2D eigenvalue weighted by atomic mass is 19.1. The highest BCUT2D eigenvalue weighted by molar-refractivity contribution is 5.49. The second kappa shape index (κ2) is 9.79. The molecule has 0 radical (unpaired) electrons. The van der Waals surface area contributed by atoms with Gasteiger partial charge in [0.25, 0.3) is 0 Å². The third-order valence-corrected chi connectivity index (χ3v) is 5.62. The summed E-state index contributed by atoms with van der Waals surface area (Å²) in [6, 6.07) is 24.0. The van der Waals surface area contributed by atoms with Gasteiger partial charge in [0, 0.05) is 32.7 Å². The fraction of sp³-hybridized carbons (Fsp3) is 0.231. The van der Waals surface area contributed by atoms with E-state index in [1.54, 1.807) is 24.3 Å². The van der Waals surface area contributed by atoms with E-state index in [2.05, 4.69) is 40.1 Å². The Morgan fingerprint density at radius 3 is 1.90 bits per heavy atom. The van der Waals surface area contributed by atoms with Crippen LogP contribution < -0.4 is 0 Å². The summed E-state index contributed by atoms with van der Waals surface area (Å²) in [6.45, 7) is 4.71. The summed E-state index contributed by atoms with van der Waals surface area (Å²) in [7, 11) is 0. The van der Waals surface area contributed by atoms with Crippen molar-refractivity contribution < 1.29 is 8.78 Å². The summed E-state index contributed by atoms with van der Waals surface area (Å²) >= 11 is 0. The smallest absolute Gasteiger partial charge is 0.123 e. The number of benzene rings is 3. The Labute approximate surface area is 177 Å². The molecule has 3 aromatic rings. The maximum Gasteiger partial charge on any atom is 0.123 e. The lowest BCUT2D eigenvalue weighted by molar-refractivity contribution is 0.118. The van der Waals surface area contributed by atoms with Crippen molar-refractivity contribution in [3.63, 3.8) is 0 Å². The fourth-order valence-electron chi connectivity index (χ4n) is 4.01. The number of rotatable bonds is 6. The molecule has 1 atom stereocenters. The maximum absolute atomic E-state index is 13.5. The standard InChI is InChI=1S/C26H26F2N2/c27-24-12-8-21(9-13-24)5-4-16-29-17-19-30(20-18-29)26(22-6-2-1-3-7-22)23-10-14-25(28)15-11-23/h1-15,26H,16-20H2. The van der Waals surface area contributed by atoms with Gasteiger partial charge in [0.15, 0.2) is 0 Å². The van der Waals surface area contributed by atoms with Gasteiger partial charge in [-0.2, -0.15) is 0 Å². The van der Waals surface area contributed by atoms with E-state index in [-0.39, 0.29) is 17.7 Å². The van der Waals surface area contributed by atoms with Gasteiger partial charge in [-0.25, -0.2) is 8.78 Å². The van der Waals surface area contributed by atoms with E-state index < -0.39 is 0 Å². The zero-order valence-electron chi connectivity index (χ0n) is 16.9. The molecule has 0 aliphatic carbocycles. The Hall–Kier alpha value is -2.82. The van der Waals surface area contributed by atoms with Crippen LogP contribution in [0.3, 0.4) is 0 Å². The summed E-state index contributed by atoms with van der Waals surface area (Å²) in [5.41, 5.74) is 3.36. The molecule has 1 aliphatic heterocycles. The van der Waals surface area contributed by atoms with Gasteiger partial charge in [0.2, 0.25) is 0 Å². The molecule has 0 aromatic heterocycles. The average Bonchev–Trinajstić information content (AvgIpc) is 2.78. The first-order valence-electron chi connectivity index (χ1n) is 10.4. The number of nitrogens with zero attached hydrogens (tertiary/aromatic N) is 2. The quantitative estimate of drug-likeness (QED) is 0.544. The summed E-state index contributed by atoms with van der Waals surface area (Å²) in [5, 5.41) is 0. The van der Waals surface area contributed by atoms with Gasteiger partial charge in [-0.3, -0.25) is 9.80 Å². The number of hydrogen-bond donors (Lipinski definition) is 0. The minimum atomic E-state index is -0.211. The van der Waals surface area contributed by atoms with Crippen LogP contribution in [0.1, 0.15) is 22.7 Å². The van der Waals surface area contributed by atoms with E-state index in [1.165, 1.54) is 17.7 Å². The zero-order valence-corrected chi connectivity index (χ0v) is 16.9. The van der Waals surface area contributed by atoms with Crippen LogP contribution in [0.15, 0.2) is 84.9 Å². The molecule has 2 nitrogen and oxygen atoms in total. The van der Waals surface area contributed by atoms with Crippen LogP contribution in [0.2, 0.25) is 0 Å². The molecule has 0 amide bonds. The molecule has 0 N–H and O–H groups in total. The minimum absolute atomic E-state index is 0.128. The van der Waals surface area contributed by atoms with Crippen molar-refractivity contribution in [2.24, 2.45) is 0 Å². The van der Waals surface area contributed by atoms with Gasteiger partial charge in [-0.1, -0.05) is 66.7 Å². The van der Waals surface area contributed by atoms with Gasteiger partial charge < -0.3 is 0 Å². The third-order valence-electron chi connectivity index (χ3n) is 5.62. The third kappa shape index (κ3) is 5.21. The lowest BCUT2D eigenvalue weighted by atomic mass is 9.96. The molecule has 4 rings (SSSR count). The van der Waals surface area contributed by atoms with Gasteiger partial charge in [0.05, 0.1) is 6.04 Å². The monoisotopic (exact) mass is 404 g/mol.